The van der Waals surface area contributed by atoms with Crippen LogP contribution in [0.15, 0.2) is 66.7 Å². The number of hydrogen-bond donors (Lipinski definition) is 4. The lowest BCUT2D eigenvalue weighted by atomic mass is 9.99. The molecule has 2 atom stereocenters. The fourth-order valence-corrected chi connectivity index (χ4v) is 6.22. The van der Waals surface area contributed by atoms with Crippen LogP contribution in [0.1, 0.15) is 40.9 Å². The monoisotopic (exact) mass is 616 g/mol. The summed E-state index contributed by atoms with van der Waals surface area (Å²) in [6.45, 7) is 8.23. The zero-order valence-corrected chi connectivity index (χ0v) is 27.0. The lowest BCUT2D eigenvalue weighted by Crippen LogP contribution is -2.50. The van der Waals surface area contributed by atoms with Crippen molar-refractivity contribution in [2.75, 3.05) is 44.8 Å². The normalized spacial score (nSPS) is 13.0. The minimum Gasteiger partial charge on any atom is -0.399 e. The average molecular weight is 617 g/mol. The molecule has 0 spiro atoms. The first-order chi connectivity index (χ1) is 21.0. The van der Waals surface area contributed by atoms with E-state index in [-0.39, 0.29) is 11.8 Å². The number of nitrogens with one attached hydrogen (secondary N) is 2. The van der Waals surface area contributed by atoms with Gasteiger partial charge in [-0.2, -0.15) is 0 Å². The third-order valence-corrected chi connectivity index (χ3v) is 8.14. The van der Waals surface area contributed by atoms with Crippen molar-refractivity contribution in [1.82, 2.24) is 20.1 Å². The molecule has 0 fully saturated rings. The number of carbonyl (C=O) groups excluding carboxylic acids is 2. The highest BCUT2D eigenvalue weighted by Crippen LogP contribution is 2.27. The SMILES string of the molecule is Cc1cc(N)ccc1C(=O)NC(Cc1ccccc1)C(O)CN(Cc1ccc2nc(NC(=O)CN(C)C)sc2c1)CC(C)C. The first kappa shape index (κ1) is 33.1. The zero-order chi connectivity index (χ0) is 31.8. The number of likely N-dealkylation sites (N-methyl/N-ethyl adjacent to an activating group) is 1. The summed E-state index contributed by atoms with van der Waals surface area (Å²) in [7, 11) is 3.70. The Balaban J connectivity index is 1.51. The molecule has 9 nitrogen and oxygen atoms in total. The van der Waals surface area contributed by atoms with Crippen LogP contribution in [0.2, 0.25) is 0 Å². The number of anilines is 2. The highest BCUT2D eigenvalue weighted by Gasteiger charge is 2.26. The number of nitrogens with two attached hydrogens (primary N) is 1. The average Bonchev–Trinajstić information content (AvgIpc) is 3.33. The predicted molar refractivity (Wildman–Crippen MR) is 180 cm³/mol. The fraction of sp³-hybridized carbons (Fsp3) is 0.382. The number of nitrogen functional groups attached to an aromatic ring is 1. The lowest BCUT2D eigenvalue weighted by Gasteiger charge is -2.31. The standard InChI is InChI=1S/C34H44N6O3S/c1-22(2)18-40(19-25-11-14-28-31(17-25)44-34(37-28)38-32(42)21-39(4)5)20-30(41)29(16-24-9-7-6-8-10-24)36-33(43)27-13-12-26(35)15-23(27)3/h6-15,17,22,29-30,41H,16,18-21,35H2,1-5H3,(H,36,43)(H,37,38,42). The smallest absolute Gasteiger partial charge is 0.251 e. The van der Waals surface area contributed by atoms with Crippen molar-refractivity contribution >= 4 is 44.2 Å². The topological polar surface area (TPSA) is 124 Å². The molecule has 2 amide bonds. The molecular formula is C34H44N6O3S. The molecule has 4 rings (SSSR count). The third kappa shape index (κ3) is 9.59. The number of benzene rings is 3. The molecule has 0 saturated heterocycles. The fourth-order valence-electron chi connectivity index (χ4n) is 5.28. The Morgan fingerprint density at radius 3 is 2.43 bits per heavy atom. The van der Waals surface area contributed by atoms with Crippen molar-refractivity contribution in [3.8, 4) is 0 Å². The largest absolute Gasteiger partial charge is 0.399 e. The summed E-state index contributed by atoms with van der Waals surface area (Å²) in [5, 5.41) is 18.2. The second-order valence-corrected chi connectivity index (χ2v) is 13.1. The van der Waals surface area contributed by atoms with Gasteiger partial charge in [0.15, 0.2) is 5.13 Å². The van der Waals surface area contributed by atoms with Crippen molar-refractivity contribution < 1.29 is 14.7 Å². The minimum absolute atomic E-state index is 0.102. The maximum absolute atomic E-state index is 13.4. The molecule has 1 heterocycles. The lowest BCUT2D eigenvalue weighted by molar-refractivity contribution is -0.116. The van der Waals surface area contributed by atoms with Crippen LogP contribution in [0.5, 0.6) is 0 Å². The van der Waals surface area contributed by atoms with E-state index in [0.29, 0.717) is 48.4 Å². The number of aromatic nitrogens is 1. The van der Waals surface area contributed by atoms with E-state index in [9.17, 15) is 14.7 Å². The van der Waals surface area contributed by atoms with Crippen LogP contribution in [0.3, 0.4) is 0 Å². The Bertz CT molecular complexity index is 1560. The van der Waals surface area contributed by atoms with Gasteiger partial charge in [0.2, 0.25) is 5.91 Å². The zero-order valence-electron chi connectivity index (χ0n) is 26.2. The summed E-state index contributed by atoms with van der Waals surface area (Å²) in [4.78, 5) is 34.2. The van der Waals surface area contributed by atoms with E-state index in [1.54, 1.807) is 18.2 Å². The summed E-state index contributed by atoms with van der Waals surface area (Å²) in [6, 6.07) is 20.7. The molecule has 3 aromatic carbocycles. The van der Waals surface area contributed by atoms with Gasteiger partial charge in [-0.05, 0) is 80.4 Å². The van der Waals surface area contributed by atoms with Gasteiger partial charge in [-0.15, -0.1) is 0 Å². The molecule has 44 heavy (non-hydrogen) atoms. The van der Waals surface area contributed by atoms with Crippen LogP contribution in [-0.4, -0.2) is 77.6 Å². The van der Waals surface area contributed by atoms with Crippen LogP contribution >= 0.6 is 11.3 Å². The van der Waals surface area contributed by atoms with Gasteiger partial charge in [0.1, 0.15) is 0 Å². The van der Waals surface area contributed by atoms with Crippen LogP contribution < -0.4 is 16.4 Å². The Kier molecular flexibility index (Phi) is 11.5. The molecular weight excluding hydrogens is 572 g/mol. The number of carbonyl (C=O) groups is 2. The molecule has 0 aliphatic heterocycles. The van der Waals surface area contributed by atoms with Gasteiger partial charge >= 0.3 is 0 Å². The van der Waals surface area contributed by atoms with Crippen LogP contribution in [0, 0.1) is 12.8 Å². The van der Waals surface area contributed by atoms with Gasteiger partial charge in [-0.1, -0.05) is 61.6 Å². The van der Waals surface area contributed by atoms with Crippen LogP contribution in [-0.2, 0) is 17.8 Å². The molecule has 4 aromatic rings. The summed E-state index contributed by atoms with van der Waals surface area (Å²) < 4.78 is 0.987. The molecule has 0 saturated carbocycles. The maximum atomic E-state index is 13.4. The number of amides is 2. The van der Waals surface area contributed by atoms with Crippen molar-refractivity contribution in [3.05, 3.63) is 89.0 Å². The second-order valence-electron chi connectivity index (χ2n) is 12.1. The number of rotatable bonds is 14. The summed E-state index contributed by atoms with van der Waals surface area (Å²) in [6.07, 6.45) is -0.329. The molecule has 0 aliphatic carbocycles. The summed E-state index contributed by atoms with van der Waals surface area (Å²) >= 11 is 1.45. The quantitative estimate of drug-likeness (QED) is 0.153. The molecule has 10 heteroatoms. The van der Waals surface area contributed by atoms with Gasteiger partial charge in [-0.3, -0.25) is 14.5 Å². The van der Waals surface area contributed by atoms with E-state index in [1.165, 1.54) is 11.3 Å². The number of aliphatic hydroxyl groups excluding tert-OH is 1. The third-order valence-electron chi connectivity index (χ3n) is 7.21. The highest BCUT2D eigenvalue weighted by atomic mass is 32.1. The van der Waals surface area contributed by atoms with Gasteiger partial charge in [-0.25, -0.2) is 4.98 Å². The van der Waals surface area contributed by atoms with Crippen molar-refractivity contribution in [1.29, 1.82) is 0 Å². The minimum atomic E-state index is -0.822. The number of aliphatic hydroxyl groups is 1. The number of hydrogen-bond acceptors (Lipinski definition) is 8. The molecule has 1 aromatic heterocycles. The van der Waals surface area contributed by atoms with Crippen LogP contribution in [0.4, 0.5) is 10.8 Å². The Labute approximate surface area is 264 Å². The van der Waals surface area contributed by atoms with Gasteiger partial charge < -0.3 is 26.4 Å². The predicted octanol–water partition coefficient (Wildman–Crippen LogP) is 4.55. The van der Waals surface area contributed by atoms with E-state index in [4.69, 9.17) is 5.73 Å². The molecule has 2 unspecified atom stereocenters. The Hall–Kier alpha value is -3.83. The molecule has 0 bridgehead atoms. The van der Waals surface area contributed by atoms with Crippen molar-refractivity contribution in [2.24, 2.45) is 5.92 Å². The van der Waals surface area contributed by atoms with Crippen molar-refractivity contribution in [2.45, 2.75) is 45.9 Å². The second kappa shape index (κ2) is 15.3. The number of nitrogens with zero attached hydrogens (tertiary/aromatic N) is 3. The summed E-state index contributed by atoms with van der Waals surface area (Å²) in [5.41, 5.74) is 10.8. The summed E-state index contributed by atoms with van der Waals surface area (Å²) in [5.74, 6) is 0.0320. The van der Waals surface area contributed by atoms with Crippen molar-refractivity contribution in [3.63, 3.8) is 0 Å². The Morgan fingerprint density at radius 2 is 1.75 bits per heavy atom. The Morgan fingerprint density at radius 1 is 1.00 bits per heavy atom. The van der Waals surface area contributed by atoms with Gasteiger partial charge in [0.05, 0.1) is 28.9 Å². The highest BCUT2D eigenvalue weighted by molar-refractivity contribution is 7.22. The van der Waals surface area contributed by atoms with E-state index in [2.05, 4.69) is 40.4 Å². The molecule has 234 valence electrons. The maximum Gasteiger partial charge on any atom is 0.251 e. The van der Waals surface area contributed by atoms with E-state index in [0.717, 1.165) is 33.5 Å². The van der Waals surface area contributed by atoms with Gasteiger partial charge in [0, 0.05) is 30.9 Å². The van der Waals surface area contributed by atoms with E-state index < -0.39 is 12.1 Å². The molecule has 0 radical (unpaired) electrons. The molecule has 0 aliphatic rings. The first-order valence-electron chi connectivity index (χ1n) is 14.9. The van der Waals surface area contributed by atoms with E-state index in [1.807, 2.05) is 68.4 Å². The number of thiazole rings is 1. The van der Waals surface area contributed by atoms with Crippen LogP contribution in [0.25, 0.3) is 10.2 Å². The van der Waals surface area contributed by atoms with E-state index >= 15 is 0 Å². The van der Waals surface area contributed by atoms with Gasteiger partial charge in [0.25, 0.3) is 5.91 Å². The first-order valence-corrected chi connectivity index (χ1v) is 15.7. The number of fused-ring (bicyclic) bond motifs is 1. The number of aryl methyl sites for hydroxylation is 1. The molecule has 5 N–H and O–H groups in total.